The molecule has 0 unspecified atom stereocenters. The lowest BCUT2D eigenvalue weighted by molar-refractivity contribution is 0.247. The molecule has 1 aromatic rings. The Balaban J connectivity index is 2.32. The van der Waals surface area contributed by atoms with Gasteiger partial charge in [0.15, 0.2) is 0 Å². The van der Waals surface area contributed by atoms with Gasteiger partial charge in [-0.3, -0.25) is 4.90 Å². The smallest absolute Gasteiger partial charge is 0.126 e. The van der Waals surface area contributed by atoms with Crippen molar-refractivity contribution in [2.45, 2.75) is 32.2 Å². The Morgan fingerprint density at radius 3 is 2.90 bits per heavy atom. The quantitative estimate of drug-likeness (QED) is 0.727. The van der Waals surface area contributed by atoms with E-state index in [1.807, 2.05) is 12.1 Å². The molecule has 108 valence electrons. The Bertz CT molecular complexity index is 478. The Labute approximate surface area is 122 Å². The van der Waals surface area contributed by atoms with Crippen LogP contribution >= 0.6 is 0 Å². The van der Waals surface area contributed by atoms with E-state index in [-0.39, 0.29) is 0 Å². The van der Waals surface area contributed by atoms with Gasteiger partial charge >= 0.3 is 0 Å². The average Bonchev–Trinajstić information content (AvgIpc) is 2.47. The summed E-state index contributed by atoms with van der Waals surface area (Å²) < 4.78 is 5.53. The molecule has 1 aliphatic carbocycles. The number of hydrogen-bond acceptors (Lipinski definition) is 2. The van der Waals surface area contributed by atoms with Gasteiger partial charge in [0.1, 0.15) is 5.75 Å². The zero-order valence-corrected chi connectivity index (χ0v) is 12.7. The van der Waals surface area contributed by atoms with Crippen LogP contribution in [0, 0.1) is 0 Å². The number of aryl methyl sites for hydroxylation is 1. The van der Waals surface area contributed by atoms with Gasteiger partial charge in [-0.25, -0.2) is 0 Å². The molecule has 1 aliphatic rings. The maximum Gasteiger partial charge on any atom is 0.126 e. The van der Waals surface area contributed by atoms with Crippen molar-refractivity contribution in [1.82, 2.24) is 4.90 Å². The maximum atomic E-state index is 5.53. The fourth-order valence-corrected chi connectivity index (χ4v) is 3.18. The second kappa shape index (κ2) is 6.76. The monoisotopic (exact) mass is 271 g/mol. The normalized spacial score (nSPS) is 17.9. The lowest BCUT2D eigenvalue weighted by Crippen LogP contribution is -2.39. The minimum absolute atomic E-state index is 0.400. The van der Waals surface area contributed by atoms with Gasteiger partial charge in [0.2, 0.25) is 0 Å². The van der Waals surface area contributed by atoms with Crippen molar-refractivity contribution >= 4 is 5.57 Å². The van der Waals surface area contributed by atoms with Crippen LogP contribution in [0.1, 0.15) is 30.9 Å². The fourth-order valence-electron chi connectivity index (χ4n) is 3.18. The highest BCUT2D eigenvalue weighted by Gasteiger charge is 2.28. The van der Waals surface area contributed by atoms with Crippen molar-refractivity contribution in [1.29, 1.82) is 0 Å². The highest BCUT2D eigenvalue weighted by Crippen LogP contribution is 2.38. The zero-order valence-electron chi connectivity index (χ0n) is 12.7. The maximum absolute atomic E-state index is 5.53. The molecular formula is C18H25NO. The van der Waals surface area contributed by atoms with Crippen molar-refractivity contribution in [3.05, 3.63) is 48.6 Å². The summed E-state index contributed by atoms with van der Waals surface area (Å²) in [4.78, 5) is 2.48. The van der Waals surface area contributed by atoms with E-state index in [1.54, 1.807) is 7.11 Å². The lowest BCUT2D eigenvalue weighted by atomic mass is 9.83. The van der Waals surface area contributed by atoms with Crippen molar-refractivity contribution in [3.8, 4) is 5.75 Å². The summed E-state index contributed by atoms with van der Waals surface area (Å²) in [7, 11) is 1.74. The molecule has 0 fully saturated rings. The van der Waals surface area contributed by atoms with E-state index in [0.717, 1.165) is 38.1 Å². The minimum atomic E-state index is 0.400. The van der Waals surface area contributed by atoms with Crippen LogP contribution in [-0.4, -0.2) is 31.1 Å². The predicted molar refractivity (Wildman–Crippen MR) is 86.2 cm³/mol. The Morgan fingerprint density at radius 2 is 2.25 bits per heavy atom. The first-order valence-electron chi connectivity index (χ1n) is 7.42. The lowest BCUT2D eigenvalue weighted by Gasteiger charge is -2.36. The topological polar surface area (TPSA) is 12.5 Å². The Kier molecular flexibility index (Phi) is 5.02. The van der Waals surface area contributed by atoms with Crippen LogP contribution in [0.15, 0.2) is 37.4 Å². The summed E-state index contributed by atoms with van der Waals surface area (Å²) in [6.45, 7) is 12.5. The number of nitrogens with zero attached hydrogens (tertiary/aromatic N) is 1. The van der Waals surface area contributed by atoms with E-state index in [9.17, 15) is 0 Å². The van der Waals surface area contributed by atoms with Crippen molar-refractivity contribution in [3.63, 3.8) is 0 Å². The first-order valence-corrected chi connectivity index (χ1v) is 7.42. The molecule has 20 heavy (non-hydrogen) atoms. The third kappa shape index (κ3) is 2.80. The fraction of sp³-hybridized carbons (Fsp3) is 0.444. The Morgan fingerprint density at radius 1 is 1.45 bits per heavy atom. The molecule has 0 saturated heterocycles. The summed E-state index contributed by atoms with van der Waals surface area (Å²) in [6, 6.07) is 6.69. The highest BCUT2D eigenvalue weighted by atomic mass is 16.5. The Hall–Kier alpha value is -1.54. The van der Waals surface area contributed by atoms with Crippen LogP contribution in [0.25, 0.3) is 5.57 Å². The molecule has 0 aromatic heterocycles. The van der Waals surface area contributed by atoms with E-state index >= 15 is 0 Å². The van der Waals surface area contributed by atoms with Crippen LogP contribution in [-0.2, 0) is 6.42 Å². The number of methoxy groups -OCH3 is 1. The first-order chi connectivity index (χ1) is 9.72. The molecular weight excluding hydrogens is 246 g/mol. The molecule has 2 rings (SSSR count). The van der Waals surface area contributed by atoms with E-state index < -0.39 is 0 Å². The average molecular weight is 271 g/mol. The third-order valence-electron chi connectivity index (χ3n) is 4.06. The minimum Gasteiger partial charge on any atom is -0.496 e. The molecule has 0 N–H and O–H groups in total. The molecule has 2 heteroatoms. The number of benzene rings is 1. The molecule has 0 saturated carbocycles. The molecule has 1 aromatic carbocycles. The third-order valence-corrected chi connectivity index (χ3v) is 4.06. The molecule has 0 spiro atoms. The second-order valence-corrected chi connectivity index (χ2v) is 5.36. The number of hydrogen-bond donors (Lipinski definition) is 0. The molecule has 1 atom stereocenters. The second-order valence-electron chi connectivity index (χ2n) is 5.36. The number of ether oxygens (including phenoxy) is 1. The summed E-state index contributed by atoms with van der Waals surface area (Å²) in [5.41, 5.74) is 3.77. The first kappa shape index (κ1) is 14.9. The van der Waals surface area contributed by atoms with Crippen molar-refractivity contribution in [2.24, 2.45) is 0 Å². The van der Waals surface area contributed by atoms with E-state index in [1.165, 1.54) is 16.7 Å². The number of rotatable bonds is 6. The van der Waals surface area contributed by atoms with Crippen LogP contribution in [0.3, 0.4) is 0 Å². The summed E-state index contributed by atoms with van der Waals surface area (Å²) in [5.74, 6) is 0.951. The number of fused-ring (bicyclic) bond motifs is 1. The summed E-state index contributed by atoms with van der Waals surface area (Å²) in [5, 5.41) is 0. The van der Waals surface area contributed by atoms with Crippen LogP contribution in [0.4, 0.5) is 0 Å². The molecule has 0 aliphatic heterocycles. The van der Waals surface area contributed by atoms with Gasteiger partial charge in [-0.05, 0) is 43.0 Å². The molecule has 0 heterocycles. The van der Waals surface area contributed by atoms with Gasteiger partial charge < -0.3 is 4.74 Å². The zero-order chi connectivity index (χ0) is 14.5. The van der Waals surface area contributed by atoms with Crippen LogP contribution < -0.4 is 4.74 Å². The molecule has 2 nitrogen and oxygen atoms in total. The summed E-state index contributed by atoms with van der Waals surface area (Å²) >= 11 is 0. The van der Waals surface area contributed by atoms with Gasteiger partial charge in [0, 0.05) is 18.2 Å². The molecule has 0 radical (unpaired) electrons. The van der Waals surface area contributed by atoms with Gasteiger partial charge in [-0.1, -0.05) is 31.7 Å². The largest absolute Gasteiger partial charge is 0.496 e. The van der Waals surface area contributed by atoms with Crippen molar-refractivity contribution < 1.29 is 4.74 Å². The van der Waals surface area contributed by atoms with Crippen LogP contribution in [0.2, 0.25) is 0 Å². The molecule has 0 bridgehead atoms. The standard InChI is InChI=1S/C18H25NO/c1-5-12-19(13-6-2)16-11-10-15-8-7-9-17(20-4)18(15)14(16)3/h5,7-9,16H,1,3,6,10-13H2,2,4H3/t16-/m0/s1. The van der Waals surface area contributed by atoms with E-state index in [4.69, 9.17) is 4.74 Å². The van der Waals surface area contributed by atoms with Gasteiger partial charge in [-0.15, -0.1) is 6.58 Å². The SMILES string of the molecule is C=CCN(CCC)[C@H]1CCc2cccc(OC)c2C1=C. The molecule has 0 amide bonds. The van der Waals surface area contributed by atoms with E-state index in [2.05, 4.69) is 37.1 Å². The van der Waals surface area contributed by atoms with E-state index in [0.29, 0.717) is 6.04 Å². The van der Waals surface area contributed by atoms with Gasteiger partial charge in [0.25, 0.3) is 0 Å². The highest BCUT2D eigenvalue weighted by molar-refractivity contribution is 5.76. The predicted octanol–water partition coefficient (Wildman–Crippen LogP) is 3.92. The van der Waals surface area contributed by atoms with Crippen LogP contribution in [0.5, 0.6) is 5.75 Å². The van der Waals surface area contributed by atoms with Gasteiger partial charge in [0.05, 0.1) is 7.11 Å². The van der Waals surface area contributed by atoms with Crippen molar-refractivity contribution in [2.75, 3.05) is 20.2 Å². The summed E-state index contributed by atoms with van der Waals surface area (Å²) in [6.07, 6.45) is 5.36. The van der Waals surface area contributed by atoms with Gasteiger partial charge in [-0.2, -0.15) is 0 Å².